The van der Waals surface area contributed by atoms with Gasteiger partial charge in [-0.3, -0.25) is 14.6 Å². The van der Waals surface area contributed by atoms with Gasteiger partial charge in [0.2, 0.25) is 0 Å². The molecule has 0 spiro atoms. The minimum Gasteiger partial charge on any atom is -0.369 e. The van der Waals surface area contributed by atoms with Crippen molar-refractivity contribution in [1.82, 2.24) is 9.80 Å². The van der Waals surface area contributed by atoms with Gasteiger partial charge in [-0.25, -0.2) is 9.69 Å². The van der Waals surface area contributed by atoms with Crippen LogP contribution in [0.1, 0.15) is 12.5 Å². The van der Waals surface area contributed by atoms with Crippen LogP contribution in [0.25, 0.3) is 0 Å². The number of urea groups is 1. The predicted molar refractivity (Wildman–Crippen MR) is 110 cm³/mol. The van der Waals surface area contributed by atoms with E-state index in [0.29, 0.717) is 6.67 Å². The molecule has 0 radical (unpaired) electrons. The monoisotopic (exact) mass is 378 g/mol. The van der Waals surface area contributed by atoms with Gasteiger partial charge in [0.25, 0.3) is 5.91 Å². The molecule has 2 fully saturated rings. The number of amides is 3. The van der Waals surface area contributed by atoms with Crippen LogP contribution in [0.2, 0.25) is 0 Å². The number of aryl methyl sites for hydroxylation is 1. The van der Waals surface area contributed by atoms with E-state index in [1.54, 1.807) is 11.8 Å². The van der Waals surface area contributed by atoms with Crippen molar-refractivity contribution in [3.05, 3.63) is 60.2 Å². The molecule has 2 aliphatic rings. The van der Waals surface area contributed by atoms with E-state index in [1.165, 1.54) is 10.6 Å². The van der Waals surface area contributed by atoms with Gasteiger partial charge in [-0.1, -0.05) is 35.9 Å². The number of carbonyl (C=O) groups is 2. The highest BCUT2D eigenvalue weighted by Gasteiger charge is 2.44. The summed E-state index contributed by atoms with van der Waals surface area (Å²) >= 11 is 0. The molecule has 0 aromatic heterocycles. The average Bonchev–Trinajstić information content (AvgIpc) is 2.93. The summed E-state index contributed by atoms with van der Waals surface area (Å²) < 4.78 is 0. The van der Waals surface area contributed by atoms with Crippen molar-refractivity contribution in [3.8, 4) is 0 Å². The van der Waals surface area contributed by atoms with Gasteiger partial charge in [-0.05, 0) is 38.1 Å². The van der Waals surface area contributed by atoms with Crippen molar-refractivity contribution in [2.45, 2.75) is 19.9 Å². The molecule has 28 heavy (non-hydrogen) atoms. The molecular weight excluding hydrogens is 352 g/mol. The first-order chi connectivity index (χ1) is 13.5. The molecule has 3 amide bonds. The zero-order valence-corrected chi connectivity index (χ0v) is 16.4. The second-order valence-electron chi connectivity index (χ2n) is 7.51. The molecule has 2 aromatic carbocycles. The van der Waals surface area contributed by atoms with Crippen LogP contribution in [0.3, 0.4) is 0 Å². The normalized spacial score (nSPS) is 20.9. The van der Waals surface area contributed by atoms with Gasteiger partial charge in [-0.2, -0.15) is 0 Å². The van der Waals surface area contributed by atoms with Crippen LogP contribution in [0, 0.1) is 6.92 Å². The first-order valence-corrected chi connectivity index (χ1v) is 9.78. The average molecular weight is 378 g/mol. The molecular formula is C22H26N4O2. The van der Waals surface area contributed by atoms with Crippen molar-refractivity contribution in [2.75, 3.05) is 42.6 Å². The number of nitrogens with zero attached hydrogens (tertiary/aromatic N) is 4. The number of rotatable bonds is 4. The third kappa shape index (κ3) is 3.47. The molecule has 0 saturated carbocycles. The van der Waals surface area contributed by atoms with Gasteiger partial charge in [0.15, 0.2) is 0 Å². The Morgan fingerprint density at radius 3 is 2.14 bits per heavy atom. The Balaban J connectivity index is 1.40. The molecule has 2 saturated heterocycles. The molecule has 0 N–H and O–H groups in total. The Bertz CT molecular complexity index is 845. The molecule has 1 atom stereocenters. The van der Waals surface area contributed by atoms with E-state index < -0.39 is 6.04 Å². The summed E-state index contributed by atoms with van der Waals surface area (Å²) in [5.41, 5.74) is 3.12. The number of hydrogen-bond donors (Lipinski definition) is 0. The number of hydrogen-bond acceptors (Lipinski definition) is 4. The van der Waals surface area contributed by atoms with Crippen molar-refractivity contribution in [3.63, 3.8) is 0 Å². The van der Waals surface area contributed by atoms with Crippen LogP contribution in [-0.4, -0.2) is 60.6 Å². The van der Waals surface area contributed by atoms with Gasteiger partial charge < -0.3 is 4.90 Å². The minimum atomic E-state index is -0.471. The summed E-state index contributed by atoms with van der Waals surface area (Å²) in [6, 6.07) is 17.4. The van der Waals surface area contributed by atoms with Gasteiger partial charge in [0, 0.05) is 37.6 Å². The summed E-state index contributed by atoms with van der Waals surface area (Å²) in [5.74, 6) is -0.129. The van der Waals surface area contributed by atoms with E-state index in [-0.39, 0.29) is 11.9 Å². The zero-order valence-electron chi connectivity index (χ0n) is 16.4. The van der Waals surface area contributed by atoms with Crippen molar-refractivity contribution >= 4 is 23.3 Å². The highest BCUT2D eigenvalue weighted by atomic mass is 16.2. The predicted octanol–water partition coefficient (Wildman–Crippen LogP) is 2.93. The Hall–Kier alpha value is -2.86. The Labute approximate surface area is 165 Å². The standard InChI is InChI=1S/C22H26N4O2/c1-17-8-10-20(11-9-17)26-18(2)21(27)25(22(26)28)16-23-12-14-24(15-13-23)19-6-4-3-5-7-19/h3-11,18H,12-16H2,1-2H3/t18-/m1/s1. The number of anilines is 2. The molecule has 0 unspecified atom stereocenters. The summed E-state index contributed by atoms with van der Waals surface area (Å²) in [6.45, 7) is 7.58. The molecule has 4 rings (SSSR count). The second-order valence-corrected chi connectivity index (χ2v) is 7.51. The lowest BCUT2D eigenvalue weighted by Gasteiger charge is -2.37. The number of para-hydroxylation sites is 1. The smallest absolute Gasteiger partial charge is 0.333 e. The topological polar surface area (TPSA) is 47.1 Å². The molecule has 146 valence electrons. The van der Waals surface area contributed by atoms with Crippen LogP contribution in [0.5, 0.6) is 0 Å². The van der Waals surface area contributed by atoms with E-state index in [4.69, 9.17) is 0 Å². The lowest BCUT2D eigenvalue weighted by Crippen LogP contribution is -2.51. The van der Waals surface area contributed by atoms with Crippen LogP contribution >= 0.6 is 0 Å². The van der Waals surface area contributed by atoms with Gasteiger partial charge in [0.05, 0.1) is 6.67 Å². The highest BCUT2D eigenvalue weighted by molar-refractivity contribution is 6.14. The Morgan fingerprint density at radius 1 is 0.857 bits per heavy atom. The van der Waals surface area contributed by atoms with E-state index >= 15 is 0 Å². The minimum absolute atomic E-state index is 0.129. The number of imide groups is 1. The summed E-state index contributed by atoms with van der Waals surface area (Å²) in [5, 5.41) is 0. The molecule has 6 heteroatoms. The molecule has 0 bridgehead atoms. The van der Waals surface area contributed by atoms with Crippen molar-refractivity contribution in [2.24, 2.45) is 0 Å². The van der Waals surface area contributed by atoms with E-state index in [9.17, 15) is 9.59 Å². The summed E-state index contributed by atoms with van der Waals surface area (Å²) in [6.07, 6.45) is 0. The maximum Gasteiger partial charge on any atom is 0.333 e. The Morgan fingerprint density at radius 2 is 1.50 bits per heavy atom. The van der Waals surface area contributed by atoms with Crippen LogP contribution < -0.4 is 9.80 Å². The van der Waals surface area contributed by atoms with Crippen molar-refractivity contribution < 1.29 is 9.59 Å². The highest BCUT2D eigenvalue weighted by Crippen LogP contribution is 2.26. The second kappa shape index (κ2) is 7.64. The van der Waals surface area contributed by atoms with Gasteiger partial charge >= 0.3 is 6.03 Å². The SMILES string of the molecule is Cc1ccc(N2C(=O)N(CN3CCN(c4ccccc4)CC3)C(=O)[C@H]2C)cc1. The fourth-order valence-electron chi connectivity index (χ4n) is 3.88. The third-order valence-corrected chi connectivity index (χ3v) is 5.59. The van der Waals surface area contributed by atoms with Crippen LogP contribution in [0.4, 0.5) is 16.2 Å². The van der Waals surface area contributed by atoms with Gasteiger partial charge in [0.1, 0.15) is 6.04 Å². The third-order valence-electron chi connectivity index (χ3n) is 5.59. The van der Waals surface area contributed by atoms with E-state index in [0.717, 1.165) is 37.4 Å². The maximum atomic E-state index is 13.0. The number of carbonyl (C=O) groups excluding carboxylic acids is 2. The molecule has 2 aromatic rings. The maximum absolute atomic E-state index is 13.0. The number of piperazine rings is 1. The summed E-state index contributed by atoms with van der Waals surface area (Å²) in [4.78, 5) is 33.2. The summed E-state index contributed by atoms with van der Waals surface area (Å²) in [7, 11) is 0. The van der Waals surface area contributed by atoms with E-state index in [1.807, 2.05) is 49.4 Å². The zero-order chi connectivity index (χ0) is 19.7. The van der Waals surface area contributed by atoms with Gasteiger partial charge in [-0.15, -0.1) is 0 Å². The first-order valence-electron chi connectivity index (χ1n) is 9.78. The Kier molecular flexibility index (Phi) is 5.05. The molecule has 2 aliphatic heterocycles. The largest absolute Gasteiger partial charge is 0.369 e. The fourth-order valence-corrected chi connectivity index (χ4v) is 3.88. The lowest BCUT2D eigenvalue weighted by atomic mass is 10.2. The van der Waals surface area contributed by atoms with Crippen molar-refractivity contribution in [1.29, 1.82) is 0 Å². The van der Waals surface area contributed by atoms with E-state index in [2.05, 4.69) is 21.9 Å². The quantitative estimate of drug-likeness (QED) is 0.768. The molecule has 0 aliphatic carbocycles. The van der Waals surface area contributed by atoms with Crippen LogP contribution in [-0.2, 0) is 4.79 Å². The van der Waals surface area contributed by atoms with Crippen LogP contribution in [0.15, 0.2) is 54.6 Å². The fraction of sp³-hybridized carbons (Fsp3) is 0.364. The first kappa shape index (κ1) is 18.5. The number of benzene rings is 2. The molecule has 6 nitrogen and oxygen atoms in total. The molecule has 2 heterocycles. The lowest BCUT2D eigenvalue weighted by molar-refractivity contribution is -0.128.